The SMILES string of the molecule is Cc1cc([N+](=O)[O-])ccc1S(=O)(=O)Oc1ccc(C#N)cc1Cl. The Balaban J connectivity index is 2.40. The molecule has 2 aromatic carbocycles. The molecule has 2 aromatic rings. The summed E-state index contributed by atoms with van der Waals surface area (Å²) in [6.07, 6.45) is 0. The smallest absolute Gasteiger partial charge is 0.339 e. The first-order valence-corrected chi connectivity index (χ1v) is 7.92. The van der Waals surface area contributed by atoms with E-state index in [9.17, 15) is 18.5 Å². The lowest BCUT2D eigenvalue weighted by molar-refractivity contribution is -0.385. The van der Waals surface area contributed by atoms with E-state index in [0.717, 1.165) is 18.2 Å². The normalized spacial score (nSPS) is 10.8. The molecule has 7 nitrogen and oxygen atoms in total. The van der Waals surface area contributed by atoms with Crippen LogP contribution < -0.4 is 4.18 Å². The summed E-state index contributed by atoms with van der Waals surface area (Å²) in [5.74, 6) is -0.136. The lowest BCUT2D eigenvalue weighted by atomic mass is 10.2. The van der Waals surface area contributed by atoms with Crippen molar-refractivity contribution in [2.45, 2.75) is 11.8 Å². The van der Waals surface area contributed by atoms with Crippen molar-refractivity contribution in [3.05, 3.63) is 62.7 Å². The molecule has 2 rings (SSSR count). The molecule has 0 N–H and O–H groups in total. The molecule has 0 unspecified atom stereocenters. The van der Waals surface area contributed by atoms with E-state index in [1.807, 2.05) is 6.07 Å². The Morgan fingerprint density at radius 1 is 1.26 bits per heavy atom. The van der Waals surface area contributed by atoms with Crippen molar-refractivity contribution in [2.75, 3.05) is 0 Å². The molecule has 0 radical (unpaired) electrons. The van der Waals surface area contributed by atoms with Crippen molar-refractivity contribution < 1.29 is 17.5 Å². The summed E-state index contributed by atoms with van der Waals surface area (Å²) >= 11 is 5.88. The van der Waals surface area contributed by atoms with Gasteiger partial charge in [0.25, 0.3) is 5.69 Å². The zero-order chi connectivity index (χ0) is 17.2. The minimum absolute atomic E-state index is 0.0350. The van der Waals surface area contributed by atoms with Gasteiger partial charge < -0.3 is 4.18 Å². The molecule has 9 heteroatoms. The molecule has 0 fully saturated rings. The maximum Gasteiger partial charge on any atom is 0.339 e. The van der Waals surface area contributed by atoms with Gasteiger partial charge in [-0.1, -0.05) is 11.6 Å². The molecule has 0 spiro atoms. The van der Waals surface area contributed by atoms with Crippen LogP contribution in [0.5, 0.6) is 5.75 Å². The fraction of sp³-hybridized carbons (Fsp3) is 0.0714. The predicted molar refractivity (Wildman–Crippen MR) is 81.8 cm³/mol. The van der Waals surface area contributed by atoms with Gasteiger partial charge in [0.15, 0.2) is 5.75 Å². The predicted octanol–water partition coefficient (Wildman–Crippen LogP) is 3.20. The summed E-state index contributed by atoms with van der Waals surface area (Å²) in [7, 11) is -4.22. The molecule has 0 amide bonds. The molecule has 0 saturated heterocycles. The van der Waals surface area contributed by atoms with Gasteiger partial charge in [0.1, 0.15) is 4.90 Å². The van der Waals surface area contributed by atoms with Crippen LogP contribution >= 0.6 is 11.6 Å². The van der Waals surface area contributed by atoms with Gasteiger partial charge in [-0.25, -0.2) is 0 Å². The van der Waals surface area contributed by atoms with E-state index in [0.29, 0.717) is 0 Å². The van der Waals surface area contributed by atoms with Crippen LogP contribution in [0.4, 0.5) is 5.69 Å². The van der Waals surface area contributed by atoms with E-state index in [1.54, 1.807) is 0 Å². The first kappa shape index (κ1) is 16.7. The van der Waals surface area contributed by atoms with Gasteiger partial charge >= 0.3 is 10.1 Å². The van der Waals surface area contributed by atoms with Crippen molar-refractivity contribution in [2.24, 2.45) is 0 Å². The van der Waals surface area contributed by atoms with E-state index in [1.165, 1.54) is 25.1 Å². The fourth-order valence-corrected chi connectivity index (χ4v) is 3.25. The number of rotatable bonds is 4. The van der Waals surface area contributed by atoms with Crippen molar-refractivity contribution in [1.82, 2.24) is 0 Å². The third-order valence-electron chi connectivity index (χ3n) is 2.90. The average Bonchev–Trinajstić information content (AvgIpc) is 2.48. The minimum Gasteiger partial charge on any atom is -0.377 e. The number of halogens is 1. The Kier molecular flexibility index (Phi) is 4.54. The lowest BCUT2D eigenvalue weighted by Gasteiger charge is -2.10. The third kappa shape index (κ3) is 3.59. The number of nitrogens with zero attached hydrogens (tertiary/aromatic N) is 2. The Labute approximate surface area is 137 Å². The first-order chi connectivity index (χ1) is 10.7. The molecule has 118 valence electrons. The third-order valence-corrected chi connectivity index (χ3v) is 4.59. The molecular weight excluding hydrogens is 344 g/mol. The Morgan fingerprint density at radius 2 is 1.96 bits per heavy atom. The highest BCUT2D eigenvalue weighted by molar-refractivity contribution is 7.87. The second-order valence-corrected chi connectivity index (χ2v) is 6.42. The lowest BCUT2D eigenvalue weighted by Crippen LogP contribution is -2.11. The van der Waals surface area contributed by atoms with Gasteiger partial charge in [0, 0.05) is 12.1 Å². The average molecular weight is 353 g/mol. The van der Waals surface area contributed by atoms with Crippen LogP contribution in [0.15, 0.2) is 41.3 Å². The van der Waals surface area contributed by atoms with E-state index in [-0.39, 0.29) is 32.5 Å². The van der Waals surface area contributed by atoms with Crippen LogP contribution in [0.25, 0.3) is 0 Å². The van der Waals surface area contributed by atoms with Crippen LogP contribution in [0.3, 0.4) is 0 Å². The van der Waals surface area contributed by atoms with E-state index in [2.05, 4.69) is 0 Å². The van der Waals surface area contributed by atoms with Gasteiger partial charge in [-0.05, 0) is 36.8 Å². The Morgan fingerprint density at radius 3 is 2.48 bits per heavy atom. The zero-order valence-corrected chi connectivity index (χ0v) is 13.3. The van der Waals surface area contributed by atoms with Crippen LogP contribution in [-0.4, -0.2) is 13.3 Å². The Bertz CT molecular complexity index is 935. The number of hydrogen-bond acceptors (Lipinski definition) is 6. The quantitative estimate of drug-likeness (QED) is 0.474. The van der Waals surface area contributed by atoms with Crippen molar-refractivity contribution in [1.29, 1.82) is 5.26 Å². The standard InChI is InChI=1S/C14H9ClN2O5S/c1-9-6-11(17(18)19)3-5-14(9)23(20,21)22-13-4-2-10(8-16)7-12(13)15/h2-7H,1H3. The first-order valence-electron chi connectivity index (χ1n) is 6.14. The number of non-ortho nitro benzene ring substituents is 1. The summed E-state index contributed by atoms with van der Waals surface area (Å²) in [5, 5.41) is 19.4. The highest BCUT2D eigenvalue weighted by Gasteiger charge is 2.22. The molecule has 23 heavy (non-hydrogen) atoms. The van der Waals surface area contributed by atoms with Gasteiger partial charge in [-0.3, -0.25) is 10.1 Å². The second kappa shape index (κ2) is 6.24. The summed E-state index contributed by atoms with van der Waals surface area (Å²) in [5.41, 5.74) is 0.202. The fourth-order valence-electron chi connectivity index (χ4n) is 1.83. The minimum atomic E-state index is -4.22. The summed E-state index contributed by atoms with van der Waals surface area (Å²) < 4.78 is 29.5. The summed E-state index contributed by atoms with van der Waals surface area (Å²) in [6.45, 7) is 1.42. The van der Waals surface area contributed by atoms with E-state index < -0.39 is 15.0 Å². The monoisotopic (exact) mass is 352 g/mol. The Hall–Kier alpha value is -2.63. The number of nitriles is 1. The number of aryl methyl sites for hydroxylation is 1. The zero-order valence-electron chi connectivity index (χ0n) is 11.7. The molecular formula is C14H9ClN2O5S. The number of hydrogen-bond donors (Lipinski definition) is 0. The van der Waals surface area contributed by atoms with Crippen molar-refractivity contribution >= 4 is 27.4 Å². The topological polar surface area (TPSA) is 110 Å². The number of nitro benzene ring substituents is 1. The van der Waals surface area contributed by atoms with Crippen LogP contribution in [0.2, 0.25) is 5.02 Å². The maximum absolute atomic E-state index is 12.3. The highest BCUT2D eigenvalue weighted by Crippen LogP contribution is 2.30. The van der Waals surface area contributed by atoms with Gasteiger partial charge in [0.2, 0.25) is 0 Å². The maximum atomic E-state index is 12.3. The molecule has 0 aliphatic rings. The van der Waals surface area contributed by atoms with Crippen LogP contribution in [0, 0.1) is 28.4 Å². The van der Waals surface area contributed by atoms with Crippen LogP contribution in [0.1, 0.15) is 11.1 Å². The number of benzene rings is 2. The van der Waals surface area contributed by atoms with E-state index in [4.69, 9.17) is 21.0 Å². The molecule has 0 saturated carbocycles. The highest BCUT2D eigenvalue weighted by atomic mass is 35.5. The summed E-state index contributed by atoms with van der Waals surface area (Å²) in [6, 6.07) is 9.06. The largest absolute Gasteiger partial charge is 0.377 e. The molecule has 0 bridgehead atoms. The molecule has 0 aromatic heterocycles. The molecule has 0 atom stereocenters. The van der Waals surface area contributed by atoms with Crippen molar-refractivity contribution in [3.63, 3.8) is 0 Å². The van der Waals surface area contributed by atoms with Crippen LogP contribution in [-0.2, 0) is 10.1 Å². The van der Waals surface area contributed by atoms with Gasteiger partial charge in [-0.2, -0.15) is 13.7 Å². The molecule has 0 aliphatic heterocycles. The van der Waals surface area contributed by atoms with Crippen molar-refractivity contribution in [3.8, 4) is 11.8 Å². The molecule has 0 aliphatic carbocycles. The van der Waals surface area contributed by atoms with E-state index >= 15 is 0 Å². The molecule has 0 heterocycles. The van der Waals surface area contributed by atoms with Gasteiger partial charge in [0.05, 0.1) is 21.6 Å². The summed E-state index contributed by atoms with van der Waals surface area (Å²) in [4.78, 5) is 9.86. The van der Waals surface area contributed by atoms with Gasteiger partial charge in [-0.15, -0.1) is 0 Å². The second-order valence-electron chi connectivity index (χ2n) is 4.50. The number of nitro groups is 1.